The van der Waals surface area contributed by atoms with Gasteiger partial charge in [-0.1, -0.05) is 117 Å². The number of carbonyl (C=O) groups is 4. The highest BCUT2D eigenvalue weighted by Gasteiger charge is 2.17. The average molecular weight is 786 g/mol. The van der Waals surface area contributed by atoms with Crippen LogP contribution in [-0.2, 0) is 23.9 Å². The van der Waals surface area contributed by atoms with E-state index in [1.54, 1.807) is 24.3 Å². The smallest absolute Gasteiger partial charge is 0.311 e. The van der Waals surface area contributed by atoms with Gasteiger partial charge in [0.2, 0.25) is 11.8 Å². The van der Waals surface area contributed by atoms with E-state index in [4.69, 9.17) is 9.47 Å². The molecule has 0 spiro atoms. The molecule has 0 radical (unpaired) electrons. The predicted octanol–water partition coefficient (Wildman–Crippen LogP) is 11.8. The largest absolute Gasteiger partial charge is 0.462 e. The molecule has 9 heteroatoms. The van der Waals surface area contributed by atoms with Gasteiger partial charge in [-0.3, -0.25) is 19.2 Å². The SMILES string of the molecule is CCCCCCCCCCCC(CCCCCCCCCCC)OC(=O)CCCCN(CCCCC(=O)Oc1ccc(NC(C)=O)cc1)C(=O)CCCN(C)C. The second-order valence-corrected chi connectivity index (χ2v) is 16.2. The lowest BCUT2D eigenvalue weighted by Gasteiger charge is -2.23. The summed E-state index contributed by atoms with van der Waals surface area (Å²) in [6.07, 6.45) is 29.8. The van der Waals surface area contributed by atoms with Gasteiger partial charge in [0.25, 0.3) is 0 Å². The minimum Gasteiger partial charge on any atom is -0.462 e. The standard InChI is InChI=1S/C47H83N3O6/c1-6-8-10-12-14-16-18-20-22-29-43(30-23-21-19-17-15-13-11-9-7-2)55-46(53)32-24-26-39-50(45(52)31-28-38-49(4)5)40-27-25-33-47(54)56-44-36-34-42(35-37-44)48-41(3)51/h34-37,43H,6-33,38-40H2,1-5H3,(H,48,51). The molecule has 1 aromatic rings. The van der Waals surface area contributed by atoms with Crippen LogP contribution < -0.4 is 10.1 Å². The number of nitrogens with one attached hydrogen (secondary N) is 1. The van der Waals surface area contributed by atoms with E-state index in [0.717, 1.165) is 45.1 Å². The van der Waals surface area contributed by atoms with Crippen LogP contribution in [0.15, 0.2) is 24.3 Å². The molecular weight excluding hydrogens is 703 g/mol. The van der Waals surface area contributed by atoms with Gasteiger partial charge in [0.1, 0.15) is 11.9 Å². The van der Waals surface area contributed by atoms with Crippen LogP contribution in [0.3, 0.4) is 0 Å². The highest BCUT2D eigenvalue weighted by molar-refractivity contribution is 5.88. The maximum atomic E-state index is 13.2. The number of esters is 2. The van der Waals surface area contributed by atoms with E-state index in [0.29, 0.717) is 56.6 Å². The van der Waals surface area contributed by atoms with Gasteiger partial charge in [-0.2, -0.15) is 0 Å². The minimum absolute atomic E-state index is 0.0150. The van der Waals surface area contributed by atoms with Crippen LogP contribution in [-0.4, -0.2) is 73.4 Å². The van der Waals surface area contributed by atoms with E-state index in [2.05, 4.69) is 24.1 Å². The van der Waals surface area contributed by atoms with Gasteiger partial charge in [0.15, 0.2) is 0 Å². The molecule has 1 rings (SSSR count). The summed E-state index contributed by atoms with van der Waals surface area (Å²) in [5.41, 5.74) is 0.641. The first-order valence-corrected chi connectivity index (χ1v) is 22.8. The summed E-state index contributed by atoms with van der Waals surface area (Å²) in [4.78, 5) is 54.0. The first-order chi connectivity index (χ1) is 27.1. The molecule has 56 heavy (non-hydrogen) atoms. The Balaban J connectivity index is 2.54. The predicted molar refractivity (Wildman–Crippen MR) is 232 cm³/mol. The Bertz CT molecular complexity index is 1120. The normalized spacial score (nSPS) is 11.3. The molecule has 0 aliphatic rings. The molecule has 2 amide bonds. The van der Waals surface area contributed by atoms with Crippen LogP contribution in [0.1, 0.15) is 201 Å². The number of nitrogens with zero attached hydrogens (tertiary/aromatic N) is 2. The van der Waals surface area contributed by atoms with Crippen LogP contribution in [0.25, 0.3) is 0 Å². The van der Waals surface area contributed by atoms with E-state index >= 15 is 0 Å². The van der Waals surface area contributed by atoms with Crippen molar-refractivity contribution in [3.8, 4) is 5.75 Å². The minimum atomic E-state index is -0.325. The quantitative estimate of drug-likeness (QED) is 0.0407. The number of unbranched alkanes of at least 4 members (excludes halogenated alkanes) is 18. The van der Waals surface area contributed by atoms with Gasteiger partial charge in [-0.15, -0.1) is 0 Å². The Kier molecular flexibility index (Phi) is 32.1. The van der Waals surface area contributed by atoms with Gasteiger partial charge < -0.3 is 24.6 Å². The third kappa shape index (κ3) is 30.2. The van der Waals surface area contributed by atoms with Gasteiger partial charge in [-0.05, 0) is 103 Å². The van der Waals surface area contributed by atoms with Gasteiger partial charge in [-0.25, -0.2) is 0 Å². The summed E-state index contributed by atoms with van der Waals surface area (Å²) in [6, 6.07) is 6.70. The fraction of sp³-hybridized carbons (Fsp3) is 0.787. The molecule has 0 aromatic heterocycles. The van der Waals surface area contributed by atoms with Gasteiger partial charge >= 0.3 is 11.9 Å². The van der Waals surface area contributed by atoms with Crippen molar-refractivity contribution in [1.82, 2.24) is 9.80 Å². The zero-order valence-electron chi connectivity index (χ0n) is 36.7. The first-order valence-electron chi connectivity index (χ1n) is 22.8. The second kappa shape index (κ2) is 35.2. The molecule has 322 valence electrons. The number of amides is 2. The molecule has 0 saturated heterocycles. The molecule has 0 saturated carbocycles. The highest BCUT2D eigenvalue weighted by Crippen LogP contribution is 2.20. The third-order valence-electron chi connectivity index (χ3n) is 10.4. The molecule has 0 atom stereocenters. The lowest BCUT2D eigenvalue weighted by molar-refractivity contribution is -0.150. The van der Waals surface area contributed by atoms with E-state index in [9.17, 15) is 19.2 Å². The Hall–Kier alpha value is -2.94. The molecule has 9 nitrogen and oxygen atoms in total. The maximum Gasteiger partial charge on any atom is 0.311 e. The lowest BCUT2D eigenvalue weighted by atomic mass is 10.0. The number of anilines is 1. The number of ether oxygens (including phenoxy) is 2. The average Bonchev–Trinajstić information content (AvgIpc) is 3.16. The fourth-order valence-electron chi connectivity index (χ4n) is 7.07. The number of hydrogen-bond acceptors (Lipinski definition) is 7. The van der Waals surface area contributed by atoms with Crippen molar-refractivity contribution in [2.45, 2.75) is 207 Å². The number of hydrogen-bond donors (Lipinski definition) is 1. The molecule has 0 unspecified atom stereocenters. The van der Waals surface area contributed by atoms with Gasteiger partial charge in [0, 0.05) is 45.0 Å². The fourth-order valence-corrected chi connectivity index (χ4v) is 7.07. The second-order valence-electron chi connectivity index (χ2n) is 16.2. The Morgan fingerprint density at radius 2 is 1.02 bits per heavy atom. The zero-order valence-corrected chi connectivity index (χ0v) is 36.7. The summed E-state index contributed by atoms with van der Waals surface area (Å²) in [6.45, 7) is 7.99. The lowest BCUT2D eigenvalue weighted by Crippen LogP contribution is -2.33. The summed E-state index contributed by atoms with van der Waals surface area (Å²) in [7, 11) is 4.02. The Morgan fingerprint density at radius 1 is 0.554 bits per heavy atom. The van der Waals surface area contributed by atoms with Crippen LogP contribution in [0.2, 0.25) is 0 Å². The highest BCUT2D eigenvalue weighted by atomic mass is 16.5. The zero-order chi connectivity index (χ0) is 41.1. The molecule has 1 aromatic carbocycles. The molecule has 0 aliphatic heterocycles. The van der Waals surface area contributed by atoms with Gasteiger partial charge in [0.05, 0.1) is 0 Å². The van der Waals surface area contributed by atoms with E-state index in [1.807, 2.05) is 19.0 Å². The van der Waals surface area contributed by atoms with Crippen molar-refractivity contribution >= 4 is 29.4 Å². The van der Waals surface area contributed by atoms with Crippen LogP contribution in [0.4, 0.5) is 5.69 Å². The van der Waals surface area contributed by atoms with Crippen molar-refractivity contribution < 1.29 is 28.7 Å². The summed E-state index contributed by atoms with van der Waals surface area (Å²) in [5, 5.41) is 2.69. The van der Waals surface area contributed by atoms with Crippen LogP contribution in [0, 0.1) is 0 Å². The molecule has 0 bridgehead atoms. The van der Waals surface area contributed by atoms with Crippen LogP contribution >= 0.6 is 0 Å². The number of rotatable bonds is 37. The van der Waals surface area contributed by atoms with Crippen molar-refractivity contribution in [2.24, 2.45) is 0 Å². The summed E-state index contributed by atoms with van der Waals surface area (Å²) in [5.74, 6) is -0.0373. The van der Waals surface area contributed by atoms with E-state index in [1.165, 1.54) is 110 Å². The summed E-state index contributed by atoms with van der Waals surface area (Å²) >= 11 is 0. The molecule has 1 N–H and O–H groups in total. The van der Waals surface area contributed by atoms with E-state index < -0.39 is 0 Å². The number of carbonyl (C=O) groups excluding carboxylic acids is 4. The Morgan fingerprint density at radius 3 is 1.48 bits per heavy atom. The molecule has 0 fully saturated rings. The Labute approximate surface area is 342 Å². The molecule has 0 aliphatic carbocycles. The monoisotopic (exact) mass is 786 g/mol. The van der Waals surface area contributed by atoms with E-state index in [-0.39, 0.29) is 36.3 Å². The third-order valence-corrected chi connectivity index (χ3v) is 10.4. The summed E-state index contributed by atoms with van der Waals surface area (Å²) < 4.78 is 11.6. The maximum absolute atomic E-state index is 13.2. The van der Waals surface area contributed by atoms with Crippen molar-refractivity contribution in [3.05, 3.63) is 24.3 Å². The molecular formula is C47H83N3O6. The first kappa shape index (κ1) is 51.1. The number of benzene rings is 1. The molecule has 0 heterocycles. The van der Waals surface area contributed by atoms with Crippen LogP contribution in [0.5, 0.6) is 5.75 Å². The van der Waals surface area contributed by atoms with Crippen molar-refractivity contribution in [2.75, 3.05) is 39.0 Å². The topological polar surface area (TPSA) is 105 Å². The van der Waals surface area contributed by atoms with Crippen molar-refractivity contribution in [3.63, 3.8) is 0 Å². The van der Waals surface area contributed by atoms with Crippen molar-refractivity contribution in [1.29, 1.82) is 0 Å².